The highest BCUT2D eigenvalue weighted by Crippen LogP contribution is 2.14. The van der Waals surface area contributed by atoms with Crippen molar-refractivity contribution in [2.75, 3.05) is 19.3 Å². The van der Waals surface area contributed by atoms with Gasteiger partial charge in [0, 0.05) is 24.4 Å². The molecule has 20 heavy (non-hydrogen) atoms. The quantitative estimate of drug-likeness (QED) is 0.866. The highest BCUT2D eigenvalue weighted by molar-refractivity contribution is 7.90. The summed E-state index contributed by atoms with van der Waals surface area (Å²) in [6, 6.07) is 6.22. The number of sulfone groups is 1. The summed E-state index contributed by atoms with van der Waals surface area (Å²) in [6.45, 7) is 3.83. The van der Waals surface area contributed by atoms with Crippen LogP contribution in [-0.4, -0.2) is 39.7 Å². The van der Waals surface area contributed by atoms with E-state index in [-0.39, 0.29) is 16.8 Å². The summed E-state index contributed by atoms with van der Waals surface area (Å²) in [5.41, 5.74) is 0.380. The summed E-state index contributed by atoms with van der Waals surface area (Å²) in [5, 5.41) is 6.21. The van der Waals surface area contributed by atoms with Crippen molar-refractivity contribution in [3.05, 3.63) is 29.8 Å². The molecule has 0 radical (unpaired) electrons. The average Bonchev–Trinajstić information content (AvgIpc) is 2.40. The second-order valence-corrected chi connectivity index (χ2v) is 7.37. The molecule has 1 fully saturated rings. The van der Waals surface area contributed by atoms with Gasteiger partial charge >= 0.3 is 0 Å². The van der Waals surface area contributed by atoms with Crippen molar-refractivity contribution >= 4 is 15.7 Å². The second kappa shape index (κ2) is 5.93. The fourth-order valence-corrected chi connectivity index (χ4v) is 2.97. The predicted octanol–water partition coefficient (Wildman–Crippen LogP) is 0.818. The highest BCUT2D eigenvalue weighted by atomic mass is 32.2. The Labute approximate surface area is 119 Å². The molecule has 0 aliphatic carbocycles. The zero-order valence-corrected chi connectivity index (χ0v) is 12.5. The van der Waals surface area contributed by atoms with Gasteiger partial charge in [-0.25, -0.2) is 8.42 Å². The Morgan fingerprint density at radius 3 is 2.80 bits per heavy atom. The van der Waals surface area contributed by atoms with Crippen molar-refractivity contribution in [2.45, 2.75) is 24.3 Å². The topological polar surface area (TPSA) is 75.3 Å². The van der Waals surface area contributed by atoms with E-state index in [9.17, 15) is 13.2 Å². The van der Waals surface area contributed by atoms with Gasteiger partial charge in [0.2, 0.25) is 0 Å². The lowest BCUT2D eigenvalue weighted by molar-refractivity contribution is 0.0915. The summed E-state index contributed by atoms with van der Waals surface area (Å²) in [5.74, 6) is 0.189. The van der Waals surface area contributed by atoms with E-state index in [4.69, 9.17) is 0 Å². The van der Waals surface area contributed by atoms with Crippen molar-refractivity contribution in [3.63, 3.8) is 0 Å². The van der Waals surface area contributed by atoms with Crippen LogP contribution in [0.1, 0.15) is 23.7 Å². The maximum absolute atomic E-state index is 12.2. The number of rotatable bonds is 3. The number of piperidine rings is 1. The van der Waals surface area contributed by atoms with Gasteiger partial charge < -0.3 is 10.6 Å². The van der Waals surface area contributed by atoms with Gasteiger partial charge in [-0.05, 0) is 37.1 Å². The summed E-state index contributed by atoms with van der Waals surface area (Å²) < 4.78 is 23.0. The van der Waals surface area contributed by atoms with Gasteiger partial charge in [-0.2, -0.15) is 0 Å². The van der Waals surface area contributed by atoms with Crippen LogP contribution in [0.15, 0.2) is 29.2 Å². The lowest BCUT2D eigenvalue weighted by atomic mass is 9.94. The Morgan fingerprint density at radius 1 is 1.40 bits per heavy atom. The first kappa shape index (κ1) is 15.0. The predicted molar refractivity (Wildman–Crippen MR) is 77.5 cm³/mol. The average molecular weight is 296 g/mol. The summed E-state index contributed by atoms with van der Waals surface area (Å²) in [6.07, 6.45) is 2.16. The van der Waals surface area contributed by atoms with E-state index >= 15 is 0 Å². The molecule has 1 aliphatic rings. The Hall–Kier alpha value is -1.40. The maximum Gasteiger partial charge on any atom is 0.251 e. The fraction of sp³-hybridized carbons (Fsp3) is 0.500. The maximum atomic E-state index is 12.2. The Kier molecular flexibility index (Phi) is 4.45. The summed E-state index contributed by atoms with van der Waals surface area (Å²) in [7, 11) is -3.30. The molecule has 1 amide bonds. The molecule has 1 aromatic carbocycles. The molecule has 5 nitrogen and oxygen atoms in total. The highest BCUT2D eigenvalue weighted by Gasteiger charge is 2.23. The Morgan fingerprint density at radius 2 is 2.15 bits per heavy atom. The first-order valence-electron chi connectivity index (χ1n) is 6.69. The van der Waals surface area contributed by atoms with Crippen molar-refractivity contribution in [3.8, 4) is 0 Å². The number of carbonyl (C=O) groups is 1. The van der Waals surface area contributed by atoms with E-state index in [1.54, 1.807) is 12.1 Å². The lowest BCUT2D eigenvalue weighted by Crippen LogP contribution is -2.50. The zero-order valence-electron chi connectivity index (χ0n) is 11.7. The van der Waals surface area contributed by atoms with Gasteiger partial charge in [0.1, 0.15) is 0 Å². The smallest absolute Gasteiger partial charge is 0.251 e. The van der Waals surface area contributed by atoms with Crippen LogP contribution in [-0.2, 0) is 9.84 Å². The third-order valence-corrected chi connectivity index (χ3v) is 4.78. The summed E-state index contributed by atoms with van der Waals surface area (Å²) in [4.78, 5) is 12.4. The molecule has 1 aromatic rings. The number of benzene rings is 1. The SMILES string of the molecule is CC1CCNCC1NC(=O)c1cccc(S(C)(=O)=O)c1. The van der Waals surface area contributed by atoms with Crippen LogP contribution in [0.4, 0.5) is 0 Å². The van der Waals surface area contributed by atoms with Crippen LogP contribution >= 0.6 is 0 Å². The van der Waals surface area contributed by atoms with Crippen molar-refractivity contribution in [1.82, 2.24) is 10.6 Å². The third kappa shape index (κ3) is 3.58. The van der Waals surface area contributed by atoms with E-state index in [0.29, 0.717) is 11.5 Å². The number of hydrogen-bond donors (Lipinski definition) is 2. The first-order valence-corrected chi connectivity index (χ1v) is 8.59. The number of nitrogens with one attached hydrogen (secondary N) is 2. The van der Waals surface area contributed by atoms with Gasteiger partial charge in [-0.1, -0.05) is 13.0 Å². The molecule has 0 spiro atoms. The molecule has 1 aliphatic heterocycles. The number of amides is 1. The van der Waals surface area contributed by atoms with Crippen LogP contribution in [0.3, 0.4) is 0 Å². The van der Waals surface area contributed by atoms with E-state index in [2.05, 4.69) is 17.6 Å². The second-order valence-electron chi connectivity index (χ2n) is 5.35. The molecule has 2 atom stereocenters. The van der Waals surface area contributed by atoms with Crippen LogP contribution in [0, 0.1) is 5.92 Å². The van der Waals surface area contributed by atoms with Crippen molar-refractivity contribution in [1.29, 1.82) is 0 Å². The summed E-state index contributed by atoms with van der Waals surface area (Å²) >= 11 is 0. The van der Waals surface area contributed by atoms with Crippen LogP contribution in [0.5, 0.6) is 0 Å². The Bertz CT molecular complexity index is 598. The van der Waals surface area contributed by atoms with Crippen LogP contribution in [0.2, 0.25) is 0 Å². The van der Waals surface area contributed by atoms with E-state index in [0.717, 1.165) is 25.8 Å². The minimum Gasteiger partial charge on any atom is -0.348 e. The van der Waals surface area contributed by atoms with Crippen molar-refractivity contribution in [2.24, 2.45) is 5.92 Å². The molecular weight excluding hydrogens is 276 g/mol. The minimum absolute atomic E-state index is 0.0816. The van der Waals surface area contributed by atoms with Crippen LogP contribution < -0.4 is 10.6 Å². The van der Waals surface area contributed by atoms with Gasteiger partial charge in [0.15, 0.2) is 9.84 Å². The van der Waals surface area contributed by atoms with Gasteiger partial charge in [0.05, 0.1) is 4.90 Å². The van der Waals surface area contributed by atoms with Gasteiger partial charge in [0.25, 0.3) is 5.91 Å². The van der Waals surface area contributed by atoms with E-state index in [1.807, 2.05) is 0 Å². The van der Waals surface area contributed by atoms with Gasteiger partial charge in [-0.15, -0.1) is 0 Å². The third-order valence-electron chi connectivity index (χ3n) is 3.67. The standard InChI is InChI=1S/C14H20N2O3S/c1-10-6-7-15-9-13(10)16-14(17)11-4-3-5-12(8-11)20(2,18)19/h3-5,8,10,13,15H,6-7,9H2,1-2H3,(H,16,17). The molecule has 1 heterocycles. The monoisotopic (exact) mass is 296 g/mol. The molecule has 2 unspecified atom stereocenters. The van der Waals surface area contributed by atoms with Crippen LogP contribution in [0.25, 0.3) is 0 Å². The van der Waals surface area contributed by atoms with Crippen molar-refractivity contribution < 1.29 is 13.2 Å². The van der Waals surface area contributed by atoms with E-state index < -0.39 is 9.84 Å². The van der Waals surface area contributed by atoms with Gasteiger partial charge in [-0.3, -0.25) is 4.79 Å². The minimum atomic E-state index is -3.30. The molecule has 2 rings (SSSR count). The lowest BCUT2D eigenvalue weighted by Gasteiger charge is -2.30. The normalized spacial score (nSPS) is 23.3. The molecule has 0 aromatic heterocycles. The largest absolute Gasteiger partial charge is 0.348 e. The molecule has 1 saturated heterocycles. The molecular formula is C14H20N2O3S. The van der Waals surface area contributed by atoms with E-state index in [1.165, 1.54) is 12.1 Å². The first-order chi connectivity index (χ1) is 9.38. The Balaban J connectivity index is 2.13. The number of carbonyl (C=O) groups excluding carboxylic acids is 1. The fourth-order valence-electron chi connectivity index (χ4n) is 2.30. The molecule has 0 bridgehead atoms. The molecule has 110 valence electrons. The molecule has 2 N–H and O–H groups in total. The zero-order chi connectivity index (χ0) is 14.8. The molecule has 6 heteroatoms. The number of hydrogen-bond acceptors (Lipinski definition) is 4. The molecule has 0 saturated carbocycles.